The first-order valence-corrected chi connectivity index (χ1v) is 9.35. The average molecular weight is 346 g/mol. The quantitative estimate of drug-likeness (QED) is 0.743. The Morgan fingerprint density at radius 1 is 1.39 bits per heavy atom. The number of anilines is 1. The molecule has 0 aromatic carbocycles. The molecule has 1 aliphatic rings. The van der Waals surface area contributed by atoms with Gasteiger partial charge in [0.25, 0.3) is 0 Å². The number of hydrogen-bond acceptors (Lipinski definition) is 7. The van der Waals surface area contributed by atoms with Gasteiger partial charge in [-0.1, -0.05) is 0 Å². The molecule has 4 rings (SSSR count). The summed E-state index contributed by atoms with van der Waals surface area (Å²) < 4.78 is 0. The summed E-state index contributed by atoms with van der Waals surface area (Å²) in [5, 5.41) is 17.2. The number of fused-ring (bicyclic) bond motifs is 1. The van der Waals surface area contributed by atoms with Crippen LogP contribution in [0.15, 0.2) is 17.0 Å². The SMILES string of the molecule is Cc1nc(CN2CCc3c(CNc4nccs4)n[nH]c3C2)cs1. The molecule has 0 atom stereocenters. The summed E-state index contributed by atoms with van der Waals surface area (Å²) >= 11 is 3.33. The molecule has 120 valence electrons. The lowest BCUT2D eigenvalue weighted by molar-refractivity contribution is 0.240. The van der Waals surface area contributed by atoms with Crippen molar-refractivity contribution < 1.29 is 0 Å². The van der Waals surface area contributed by atoms with Crippen molar-refractivity contribution >= 4 is 27.8 Å². The number of nitrogens with zero attached hydrogens (tertiary/aromatic N) is 4. The zero-order chi connectivity index (χ0) is 15.6. The summed E-state index contributed by atoms with van der Waals surface area (Å²) in [6, 6.07) is 0. The summed E-state index contributed by atoms with van der Waals surface area (Å²) in [6.07, 6.45) is 2.84. The maximum absolute atomic E-state index is 4.56. The number of rotatable bonds is 5. The van der Waals surface area contributed by atoms with Crippen molar-refractivity contribution in [1.29, 1.82) is 0 Å². The Morgan fingerprint density at radius 3 is 3.13 bits per heavy atom. The number of H-pyrrole nitrogens is 1. The molecule has 0 amide bonds. The minimum Gasteiger partial charge on any atom is -0.356 e. The van der Waals surface area contributed by atoms with Crippen molar-refractivity contribution in [1.82, 2.24) is 25.1 Å². The molecule has 4 heterocycles. The van der Waals surface area contributed by atoms with E-state index in [1.807, 2.05) is 11.6 Å². The van der Waals surface area contributed by atoms with E-state index >= 15 is 0 Å². The van der Waals surface area contributed by atoms with E-state index in [0.29, 0.717) is 0 Å². The van der Waals surface area contributed by atoms with Crippen molar-refractivity contribution in [2.24, 2.45) is 0 Å². The van der Waals surface area contributed by atoms with E-state index in [0.717, 1.165) is 48.4 Å². The number of hydrogen-bond donors (Lipinski definition) is 2. The van der Waals surface area contributed by atoms with Crippen LogP contribution in [-0.2, 0) is 26.1 Å². The van der Waals surface area contributed by atoms with Gasteiger partial charge in [0.15, 0.2) is 5.13 Å². The van der Waals surface area contributed by atoms with E-state index in [1.165, 1.54) is 17.0 Å². The molecular formula is C15H18N6S2. The molecule has 0 fully saturated rings. The van der Waals surface area contributed by atoms with Crippen molar-refractivity contribution in [2.75, 3.05) is 11.9 Å². The van der Waals surface area contributed by atoms with Crippen molar-refractivity contribution in [3.63, 3.8) is 0 Å². The summed E-state index contributed by atoms with van der Waals surface area (Å²) in [5.41, 5.74) is 4.87. The van der Waals surface area contributed by atoms with Crippen LogP contribution in [0.4, 0.5) is 5.13 Å². The first-order valence-electron chi connectivity index (χ1n) is 7.59. The molecule has 0 spiro atoms. The van der Waals surface area contributed by atoms with E-state index in [9.17, 15) is 0 Å². The van der Waals surface area contributed by atoms with Crippen LogP contribution in [0.2, 0.25) is 0 Å². The molecular weight excluding hydrogens is 328 g/mol. The first kappa shape index (κ1) is 14.8. The highest BCUT2D eigenvalue weighted by Gasteiger charge is 2.22. The van der Waals surface area contributed by atoms with Gasteiger partial charge in [0, 0.05) is 42.2 Å². The van der Waals surface area contributed by atoms with Crippen LogP contribution in [0.25, 0.3) is 0 Å². The van der Waals surface area contributed by atoms with E-state index in [4.69, 9.17) is 0 Å². The zero-order valence-corrected chi connectivity index (χ0v) is 14.5. The molecule has 0 bridgehead atoms. The van der Waals surface area contributed by atoms with Gasteiger partial charge in [-0.15, -0.1) is 22.7 Å². The highest BCUT2D eigenvalue weighted by molar-refractivity contribution is 7.13. The third kappa shape index (κ3) is 3.29. The van der Waals surface area contributed by atoms with Gasteiger partial charge in [-0.05, 0) is 13.3 Å². The topological polar surface area (TPSA) is 69.7 Å². The molecule has 8 heteroatoms. The largest absolute Gasteiger partial charge is 0.356 e. The lowest BCUT2D eigenvalue weighted by atomic mass is 10.0. The van der Waals surface area contributed by atoms with Gasteiger partial charge in [0.1, 0.15) is 0 Å². The molecule has 1 aliphatic heterocycles. The predicted molar refractivity (Wildman–Crippen MR) is 92.7 cm³/mol. The molecule has 0 saturated carbocycles. The fourth-order valence-corrected chi connectivity index (χ4v) is 4.04. The van der Waals surface area contributed by atoms with Crippen LogP contribution in [0.5, 0.6) is 0 Å². The summed E-state index contributed by atoms with van der Waals surface area (Å²) in [4.78, 5) is 11.2. The minimum atomic E-state index is 0.727. The highest BCUT2D eigenvalue weighted by atomic mass is 32.1. The van der Waals surface area contributed by atoms with Gasteiger partial charge in [-0.2, -0.15) is 5.10 Å². The Morgan fingerprint density at radius 2 is 2.35 bits per heavy atom. The Kier molecular flexibility index (Phi) is 4.11. The average Bonchev–Trinajstić information content (AvgIpc) is 3.27. The molecule has 0 radical (unpaired) electrons. The number of nitrogens with one attached hydrogen (secondary N) is 2. The monoisotopic (exact) mass is 346 g/mol. The van der Waals surface area contributed by atoms with Crippen molar-refractivity contribution in [3.05, 3.63) is 44.6 Å². The maximum atomic E-state index is 4.56. The molecule has 0 unspecified atom stereocenters. The van der Waals surface area contributed by atoms with Gasteiger partial charge in [-0.25, -0.2) is 9.97 Å². The molecule has 23 heavy (non-hydrogen) atoms. The van der Waals surface area contributed by atoms with Gasteiger partial charge in [-0.3, -0.25) is 10.00 Å². The lowest BCUT2D eigenvalue weighted by Gasteiger charge is -2.26. The zero-order valence-electron chi connectivity index (χ0n) is 12.9. The summed E-state index contributed by atoms with van der Waals surface area (Å²) in [5.74, 6) is 0. The first-order chi connectivity index (χ1) is 11.3. The molecule has 6 nitrogen and oxygen atoms in total. The standard InChI is InChI=1S/C15H18N6S2/c1-10-18-11(9-23-10)7-21-4-2-12-13(19-20-14(12)8-21)6-17-15-16-3-5-22-15/h3,5,9H,2,4,6-8H2,1H3,(H,16,17)(H,19,20). The van der Waals surface area contributed by atoms with Crippen LogP contribution in [0.1, 0.15) is 27.7 Å². The van der Waals surface area contributed by atoms with Gasteiger partial charge in [0.2, 0.25) is 0 Å². The number of thiazole rings is 2. The molecule has 3 aromatic heterocycles. The molecule has 3 aromatic rings. The van der Waals surface area contributed by atoms with E-state index in [-0.39, 0.29) is 0 Å². The second-order valence-electron chi connectivity index (χ2n) is 5.64. The fraction of sp³-hybridized carbons (Fsp3) is 0.400. The van der Waals surface area contributed by atoms with Crippen molar-refractivity contribution in [3.8, 4) is 0 Å². The normalized spacial score (nSPS) is 14.8. The van der Waals surface area contributed by atoms with Crippen molar-refractivity contribution in [2.45, 2.75) is 33.0 Å². The highest BCUT2D eigenvalue weighted by Crippen LogP contribution is 2.23. The predicted octanol–water partition coefficient (Wildman–Crippen LogP) is 2.80. The Balaban J connectivity index is 1.40. The third-order valence-corrected chi connectivity index (χ3v) is 5.54. The van der Waals surface area contributed by atoms with Crippen LogP contribution >= 0.6 is 22.7 Å². The van der Waals surface area contributed by atoms with E-state index in [2.05, 4.69) is 42.7 Å². The Bertz CT molecular complexity index is 776. The van der Waals surface area contributed by atoms with Gasteiger partial charge < -0.3 is 5.32 Å². The molecule has 0 saturated heterocycles. The number of aromatic amines is 1. The molecule has 0 aliphatic carbocycles. The maximum Gasteiger partial charge on any atom is 0.182 e. The van der Waals surface area contributed by atoms with E-state index in [1.54, 1.807) is 22.7 Å². The molecule has 2 N–H and O–H groups in total. The Labute approximate surface area is 142 Å². The van der Waals surface area contributed by atoms with Crippen LogP contribution in [0, 0.1) is 6.92 Å². The third-order valence-electron chi connectivity index (χ3n) is 3.99. The van der Waals surface area contributed by atoms with Gasteiger partial charge in [0.05, 0.1) is 28.6 Å². The van der Waals surface area contributed by atoms with E-state index < -0.39 is 0 Å². The summed E-state index contributed by atoms with van der Waals surface area (Å²) in [7, 11) is 0. The van der Waals surface area contributed by atoms with Crippen LogP contribution < -0.4 is 5.32 Å². The second-order valence-corrected chi connectivity index (χ2v) is 7.59. The fourth-order valence-electron chi connectivity index (χ4n) is 2.90. The number of aromatic nitrogens is 4. The number of aryl methyl sites for hydroxylation is 1. The Hall–Kier alpha value is -1.77. The second kappa shape index (κ2) is 6.38. The summed E-state index contributed by atoms with van der Waals surface area (Å²) in [6.45, 7) is 5.66. The smallest absolute Gasteiger partial charge is 0.182 e. The van der Waals surface area contributed by atoms with Gasteiger partial charge >= 0.3 is 0 Å². The minimum absolute atomic E-state index is 0.727. The lowest BCUT2D eigenvalue weighted by Crippen LogP contribution is -2.30. The van der Waals surface area contributed by atoms with Crippen LogP contribution in [0.3, 0.4) is 0 Å². The van der Waals surface area contributed by atoms with Crippen LogP contribution in [-0.4, -0.2) is 31.6 Å².